The number of ether oxygens (including phenoxy) is 3. The van der Waals surface area contributed by atoms with Gasteiger partial charge in [-0.05, 0) is 31.1 Å². The zero-order valence-electron chi connectivity index (χ0n) is 36.1. The van der Waals surface area contributed by atoms with Gasteiger partial charge in [0.05, 0.1) is 0 Å². The lowest BCUT2D eigenvalue weighted by molar-refractivity contribution is -0.167. The molecule has 0 spiro atoms. The molecule has 2 atom stereocenters. The molecule has 0 aliphatic carbocycles. The van der Waals surface area contributed by atoms with Gasteiger partial charge in [0.2, 0.25) is 0 Å². The first-order valence-electron chi connectivity index (χ1n) is 23.3. The highest BCUT2D eigenvalue weighted by Crippen LogP contribution is 2.17. The van der Waals surface area contributed by atoms with Gasteiger partial charge in [0.1, 0.15) is 13.2 Å². The van der Waals surface area contributed by atoms with Crippen LogP contribution in [0.4, 0.5) is 0 Å². The van der Waals surface area contributed by atoms with Gasteiger partial charge in [0, 0.05) is 19.3 Å². The minimum atomic E-state index is -0.758. The molecule has 0 aliphatic heterocycles. The number of unbranched alkanes of at least 4 members (excludes halogenated alkanes) is 25. The van der Waals surface area contributed by atoms with Crippen LogP contribution in [0.1, 0.15) is 253 Å². The van der Waals surface area contributed by atoms with E-state index in [0.717, 1.165) is 76.0 Å². The van der Waals surface area contributed by atoms with Crippen molar-refractivity contribution in [2.24, 2.45) is 11.8 Å². The summed E-state index contributed by atoms with van der Waals surface area (Å²) in [5, 5.41) is 0. The maximum absolute atomic E-state index is 12.5. The van der Waals surface area contributed by atoms with Crippen LogP contribution in [-0.2, 0) is 28.6 Å². The molecule has 0 rings (SSSR count). The van der Waals surface area contributed by atoms with Crippen molar-refractivity contribution < 1.29 is 28.6 Å². The average molecular weight is 751 g/mol. The van der Waals surface area contributed by atoms with Crippen LogP contribution in [0, 0.1) is 11.8 Å². The minimum Gasteiger partial charge on any atom is -0.462 e. The molecule has 0 saturated heterocycles. The van der Waals surface area contributed by atoms with Gasteiger partial charge < -0.3 is 14.2 Å². The van der Waals surface area contributed by atoms with E-state index in [-0.39, 0.29) is 31.1 Å². The molecule has 0 bridgehead atoms. The van der Waals surface area contributed by atoms with Crippen molar-refractivity contribution in [3.63, 3.8) is 0 Å². The molecule has 0 radical (unpaired) electrons. The second-order valence-electron chi connectivity index (χ2n) is 16.8. The van der Waals surface area contributed by atoms with E-state index < -0.39 is 6.10 Å². The molecule has 0 amide bonds. The van der Waals surface area contributed by atoms with E-state index in [9.17, 15) is 14.4 Å². The van der Waals surface area contributed by atoms with Crippen LogP contribution in [0.5, 0.6) is 0 Å². The second-order valence-corrected chi connectivity index (χ2v) is 16.8. The smallest absolute Gasteiger partial charge is 0.306 e. The van der Waals surface area contributed by atoms with E-state index in [1.54, 1.807) is 0 Å². The zero-order valence-corrected chi connectivity index (χ0v) is 36.1. The fraction of sp³-hybridized carbons (Fsp3) is 0.936. The topological polar surface area (TPSA) is 78.9 Å². The van der Waals surface area contributed by atoms with Gasteiger partial charge >= 0.3 is 17.9 Å². The highest BCUT2D eigenvalue weighted by atomic mass is 16.6. The van der Waals surface area contributed by atoms with Gasteiger partial charge in [0.15, 0.2) is 6.10 Å². The van der Waals surface area contributed by atoms with Gasteiger partial charge in [0.25, 0.3) is 0 Å². The highest BCUT2D eigenvalue weighted by Gasteiger charge is 2.19. The number of rotatable bonds is 41. The van der Waals surface area contributed by atoms with Crippen LogP contribution >= 0.6 is 0 Å². The summed E-state index contributed by atoms with van der Waals surface area (Å²) < 4.78 is 16.6. The number of hydrogen-bond acceptors (Lipinski definition) is 6. The van der Waals surface area contributed by atoms with E-state index in [1.165, 1.54) is 135 Å². The summed E-state index contributed by atoms with van der Waals surface area (Å²) in [7, 11) is 0. The normalized spacial score (nSPS) is 12.6. The molecule has 0 aromatic heterocycles. The number of esters is 3. The molecule has 314 valence electrons. The van der Waals surface area contributed by atoms with Crippen LogP contribution in [0.2, 0.25) is 0 Å². The standard InChI is InChI=1S/C47H90O6/c1-6-8-9-25-34-39-47(50)53-44(41-52-46(49)38-33-29-24-20-16-15-18-22-27-31-36-43(5)7-2)40-51-45(48)37-32-28-23-19-14-12-10-11-13-17-21-26-30-35-42(3)4/h42-44H,6-41H2,1-5H3/t43?,44-/m1/s1. The molecule has 53 heavy (non-hydrogen) atoms. The summed E-state index contributed by atoms with van der Waals surface area (Å²) in [6, 6.07) is 0. The van der Waals surface area contributed by atoms with E-state index in [0.29, 0.717) is 19.3 Å². The number of carbonyl (C=O) groups is 3. The van der Waals surface area contributed by atoms with Gasteiger partial charge in [-0.15, -0.1) is 0 Å². The van der Waals surface area contributed by atoms with Crippen molar-refractivity contribution in [2.75, 3.05) is 13.2 Å². The Kier molecular flexibility index (Phi) is 38.9. The lowest BCUT2D eigenvalue weighted by atomic mass is 9.99. The number of carbonyl (C=O) groups excluding carboxylic acids is 3. The maximum Gasteiger partial charge on any atom is 0.306 e. The van der Waals surface area contributed by atoms with Crippen molar-refractivity contribution in [1.82, 2.24) is 0 Å². The summed E-state index contributed by atoms with van der Waals surface area (Å²) in [6.45, 7) is 11.3. The van der Waals surface area contributed by atoms with Crippen LogP contribution < -0.4 is 0 Å². The third-order valence-corrected chi connectivity index (χ3v) is 10.8. The van der Waals surface area contributed by atoms with Gasteiger partial charge in [-0.1, -0.05) is 214 Å². The maximum atomic E-state index is 12.5. The Morgan fingerprint density at radius 3 is 1.08 bits per heavy atom. The number of hydrogen-bond donors (Lipinski definition) is 0. The Labute approximate surface area is 329 Å². The van der Waals surface area contributed by atoms with Crippen LogP contribution in [0.15, 0.2) is 0 Å². The molecule has 0 N–H and O–H groups in total. The fourth-order valence-electron chi connectivity index (χ4n) is 6.90. The van der Waals surface area contributed by atoms with Crippen molar-refractivity contribution in [1.29, 1.82) is 0 Å². The van der Waals surface area contributed by atoms with E-state index in [1.807, 2.05) is 0 Å². The van der Waals surface area contributed by atoms with Crippen molar-refractivity contribution in [3.8, 4) is 0 Å². The molecule has 0 saturated carbocycles. The van der Waals surface area contributed by atoms with E-state index >= 15 is 0 Å². The summed E-state index contributed by atoms with van der Waals surface area (Å²) in [5.41, 5.74) is 0. The molecular weight excluding hydrogens is 661 g/mol. The SMILES string of the molecule is CCCCCCCC(=O)O[C@H](COC(=O)CCCCCCCCCCCCCCCC(C)C)COC(=O)CCCCCCCCCCCCC(C)CC. The van der Waals surface area contributed by atoms with E-state index in [4.69, 9.17) is 14.2 Å². The monoisotopic (exact) mass is 751 g/mol. The van der Waals surface area contributed by atoms with Crippen molar-refractivity contribution >= 4 is 17.9 Å². The molecule has 0 heterocycles. The predicted octanol–water partition coefficient (Wildman–Crippen LogP) is 14.6. The molecule has 6 heteroatoms. The summed E-state index contributed by atoms with van der Waals surface area (Å²) in [5.74, 6) is 0.840. The third kappa shape index (κ3) is 39.9. The summed E-state index contributed by atoms with van der Waals surface area (Å²) in [4.78, 5) is 37.5. The zero-order chi connectivity index (χ0) is 39.0. The lowest BCUT2D eigenvalue weighted by Gasteiger charge is -2.18. The Morgan fingerprint density at radius 2 is 0.717 bits per heavy atom. The van der Waals surface area contributed by atoms with Gasteiger partial charge in [-0.25, -0.2) is 0 Å². The Balaban J connectivity index is 4.13. The van der Waals surface area contributed by atoms with Crippen LogP contribution in [0.25, 0.3) is 0 Å². The second kappa shape index (κ2) is 40.1. The lowest BCUT2D eigenvalue weighted by Crippen LogP contribution is -2.30. The predicted molar refractivity (Wildman–Crippen MR) is 224 cm³/mol. The molecule has 6 nitrogen and oxygen atoms in total. The average Bonchev–Trinajstić information content (AvgIpc) is 3.14. The van der Waals surface area contributed by atoms with Crippen LogP contribution in [-0.4, -0.2) is 37.2 Å². The largest absolute Gasteiger partial charge is 0.462 e. The molecule has 1 unspecified atom stereocenters. The first-order valence-corrected chi connectivity index (χ1v) is 23.3. The molecule has 0 aliphatic rings. The third-order valence-electron chi connectivity index (χ3n) is 10.8. The quantitative estimate of drug-likeness (QED) is 0.0352. The van der Waals surface area contributed by atoms with Crippen molar-refractivity contribution in [3.05, 3.63) is 0 Å². The summed E-state index contributed by atoms with van der Waals surface area (Å²) in [6.07, 6.45) is 38.3. The highest BCUT2D eigenvalue weighted by molar-refractivity contribution is 5.71. The van der Waals surface area contributed by atoms with Gasteiger partial charge in [-0.3, -0.25) is 14.4 Å². The molecule has 0 aromatic rings. The van der Waals surface area contributed by atoms with Crippen molar-refractivity contribution in [2.45, 2.75) is 259 Å². The Bertz CT molecular complexity index is 811. The first-order chi connectivity index (χ1) is 25.8. The Hall–Kier alpha value is -1.59. The molecular formula is C47H90O6. The summed E-state index contributed by atoms with van der Waals surface area (Å²) >= 11 is 0. The molecule has 0 aromatic carbocycles. The van der Waals surface area contributed by atoms with E-state index in [2.05, 4.69) is 34.6 Å². The molecule has 0 fully saturated rings. The van der Waals surface area contributed by atoms with Crippen LogP contribution in [0.3, 0.4) is 0 Å². The minimum absolute atomic E-state index is 0.0660. The Morgan fingerprint density at radius 1 is 0.396 bits per heavy atom. The fourth-order valence-corrected chi connectivity index (χ4v) is 6.90. The first kappa shape index (κ1) is 51.4. The van der Waals surface area contributed by atoms with Gasteiger partial charge in [-0.2, -0.15) is 0 Å².